The van der Waals surface area contributed by atoms with Gasteiger partial charge in [-0.25, -0.2) is 9.50 Å². The van der Waals surface area contributed by atoms with Crippen LogP contribution in [0.2, 0.25) is 0 Å². The number of rotatable bonds is 2. The first kappa shape index (κ1) is 23.4. The Morgan fingerprint density at radius 1 is 0.548 bits per heavy atom. The Balaban J connectivity index is 1.25. The first-order valence-electron chi connectivity index (χ1n) is 14.5. The zero-order valence-corrected chi connectivity index (χ0v) is 23.5. The smallest absolute Gasteiger partial charge is 0.0933 e. The summed E-state index contributed by atoms with van der Waals surface area (Å²) in [6.45, 7) is 4.71. The summed E-state index contributed by atoms with van der Waals surface area (Å²) in [4.78, 5) is 5.33. The van der Waals surface area contributed by atoms with Crippen molar-refractivity contribution in [2.45, 2.75) is 19.3 Å². The van der Waals surface area contributed by atoms with Crippen LogP contribution < -0.4 is 0 Å². The molecule has 8 aromatic rings. The van der Waals surface area contributed by atoms with E-state index in [2.05, 4.69) is 135 Å². The van der Waals surface area contributed by atoms with Gasteiger partial charge in [-0.05, 0) is 51.4 Å². The number of nitrogens with zero attached hydrogens (tertiary/aromatic N) is 3. The molecule has 3 nitrogen and oxygen atoms in total. The minimum atomic E-state index is -0.132. The Morgan fingerprint density at radius 3 is 2.10 bits per heavy atom. The fourth-order valence-electron chi connectivity index (χ4n) is 7.20. The summed E-state index contributed by atoms with van der Waals surface area (Å²) in [5, 5.41) is 9.68. The van der Waals surface area contributed by atoms with Gasteiger partial charge in [0.2, 0.25) is 0 Å². The molecule has 0 bridgehead atoms. The molecular formula is C39H27N3. The lowest BCUT2D eigenvalue weighted by molar-refractivity contribution is 0.666. The summed E-state index contributed by atoms with van der Waals surface area (Å²) in [7, 11) is 0. The van der Waals surface area contributed by atoms with Crippen molar-refractivity contribution in [3.8, 4) is 33.5 Å². The highest BCUT2D eigenvalue weighted by Crippen LogP contribution is 2.53. The second-order valence-corrected chi connectivity index (χ2v) is 11.9. The lowest BCUT2D eigenvalue weighted by Crippen LogP contribution is -2.16. The molecule has 0 unspecified atom stereocenters. The van der Waals surface area contributed by atoms with Gasteiger partial charge in [0.25, 0.3) is 0 Å². The largest absolute Gasteiger partial charge is 0.247 e. The third-order valence-electron chi connectivity index (χ3n) is 9.20. The van der Waals surface area contributed by atoms with Gasteiger partial charge in [-0.15, -0.1) is 0 Å². The van der Waals surface area contributed by atoms with Gasteiger partial charge < -0.3 is 0 Å². The normalized spacial score (nSPS) is 13.7. The molecule has 198 valence electrons. The van der Waals surface area contributed by atoms with Gasteiger partial charge in [0, 0.05) is 38.9 Å². The lowest BCUT2D eigenvalue weighted by atomic mass is 9.79. The van der Waals surface area contributed by atoms with E-state index in [9.17, 15) is 0 Å². The second kappa shape index (κ2) is 8.37. The highest BCUT2D eigenvalue weighted by atomic mass is 15.2. The third-order valence-corrected chi connectivity index (χ3v) is 9.20. The maximum atomic E-state index is 5.33. The third kappa shape index (κ3) is 3.16. The first-order chi connectivity index (χ1) is 20.6. The molecule has 0 radical (unpaired) electrons. The van der Waals surface area contributed by atoms with E-state index in [1.54, 1.807) is 0 Å². The summed E-state index contributed by atoms with van der Waals surface area (Å²) in [6.07, 6.45) is 2.13. The van der Waals surface area contributed by atoms with Crippen LogP contribution in [0.5, 0.6) is 0 Å². The highest BCUT2D eigenvalue weighted by Gasteiger charge is 2.37. The van der Waals surface area contributed by atoms with Crippen molar-refractivity contribution in [3.63, 3.8) is 0 Å². The van der Waals surface area contributed by atoms with E-state index in [1.807, 2.05) is 10.6 Å². The molecule has 3 aromatic heterocycles. The topological polar surface area (TPSA) is 30.2 Å². The number of hydrogen-bond donors (Lipinski definition) is 0. The zero-order valence-electron chi connectivity index (χ0n) is 23.5. The van der Waals surface area contributed by atoms with Crippen LogP contribution in [-0.4, -0.2) is 14.6 Å². The summed E-state index contributed by atoms with van der Waals surface area (Å²) in [5.41, 5.74) is 12.9. The Kier molecular flexibility index (Phi) is 4.67. The van der Waals surface area contributed by atoms with Gasteiger partial charge in [0.1, 0.15) is 0 Å². The van der Waals surface area contributed by atoms with Gasteiger partial charge in [0.05, 0.1) is 22.2 Å². The molecular weight excluding hydrogens is 510 g/mol. The molecule has 42 heavy (non-hydrogen) atoms. The molecule has 0 saturated carbocycles. The minimum absolute atomic E-state index is 0.132. The Bertz CT molecular complexity index is 2380. The maximum Gasteiger partial charge on any atom is 0.0933 e. The number of pyridine rings is 2. The Labute approximate surface area is 243 Å². The van der Waals surface area contributed by atoms with E-state index < -0.39 is 0 Å². The van der Waals surface area contributed by atoms with Crippen LogP contribution in [0, 0.1) is 0 Å². The van der Waals surface area contributed by atoms with E-state index >= 15 is 0 Å². The summed E-state index contributed by atoms with van der Waals surface area (Å²) in [5.74, 6) is 0. The molecule has 5 aromatic carbocycles. The molecule has 0 saturated heterocycles. The van der Waals surface area contributed by atoms with Crippen LogP contribution in [0.1, 0.15) is 25.0 Å². The van der Waals surface area contributed by atoms with E-state index in [4.69, 9.17) is 10.1 Å². The zero-order chi connectivity index (χ0) is 28.0. The fourth-order valence-corrected chi connectivity index (χ4v) is 7.20. The van der Waals surface area contributed by atoms with Crippen LogP contribution >= 0.6 is 0 Å². The Morgan fingerprint density at radius 2 is 1.24 bits per heavy atom. The summed E-state index contributed by atoms with van der Waals surface area (Å²) in [6, 6.07) is 43.5. The van der Waals surface area contributed by atoms with E-state index in [0.29, 0.717) is 0 Å². The Hall–Kier alpha value is -5.28. The van der Waals surface area contributed by atoms with Gasteiger partial charge in [-0.1, -0.05) is 117 Å². The van der Waals surface area contributed by atoms with Crippen LogP contribution in [0.3, 0.4) is 0 Å². The number of para-hydroxylation sites is 1. The molecule has 9 rings (SSSR count). The first-order valence-corrected chi connectivity index (χ1v) is 14.5. The molecule has 0 aliphatic heterocycles. The number of fused-ring (bicyclic) bond motifs is 10. The SMILES string of the molecule is CC1(C)c2ccccc2-c2ccc3c(c(-c4ccc(-c5ccc6c7ccccc7nn6c5)cc4)nc4ccccc43)c21. The highest BCUT2D eigenvalue weighted by molar-refractivity contribution is 6.15. The van der Waals surface area contributed by atoms with Crippen molar-refractivity contribution < 1.29 is 0 Å². The van der Waals surface area contributed by atoms with Gasteiger partial charge in [0.15, 0.2) is 0 Å². The minimum Gasteiger partial charge on any atom is -0.247 e. The van der Waals surface area contributed by atoms with E-state index in [-0.39, 0.29) is 5.41 Å². The quantitative estimate of drug-likeness (QED) is 0.205. The molecule has 1 aliphatic rings. The number of hydrogen-bond acceptors (Lipinski definition) is 2. The summed E-state index contributed by atoms with van der Waals surface area (Å²) < 4.78 is 2.00. The van der Waals surface area contributed by atoms with Gasteiger partial charge in [-0.3, -0.25) is 0 Å². The van der Waals surface area contributed by atoms with Crippen molar-refractivity contribution in [2.24, 2.45) is 0 Å². The van der Waals surface area contributed by atoms with Crippen molar-refractivity contribution in [3.05, 3.63) is 139 Å². The lowest BCUT2D eigenvalue weighted by Gasteiger charge is -2.24. The van der Waals surface area contributed by atoms with Crippen LogP contribution in [0.15, 0.2) is 128 Å². The maximum absolute atomic E-state index is 5.33. The van der Waals surface area contributed by atoms with Gasteiger partial charge >= 0.3 is 0 Å². The van der Waals surface area contributed by atoms with Crippen molar-refractivity contribution >= 4 is 38.1 Å². The molecule has 0 spiro atoms. The average molecular weight is 538 g/mol. The monoisotopic (exact) mass is 537 g/mol. The second-order valence-electron chi connectivity index (χ2n) is 11.9. The van der Waals surface area contributed by atoms with E-state index in [0.717, 1.165) is 38.9 Å². The van der Waals surface area contributed by atoms with Crippen molar-refractivity contribution in [1.82, 2.24) is 14.6 Å². The molecule has 0 N–H and O–H groups in total. The van der Waals surface area contributed by atoms with Crippen molar-refractivity contribution in [1.29, 1.82) is 0 Å². The fraction of sp³-hybridized carbons (Fsp3) is 0.0769. The standard InChI is InChI=1S/C39H27N3/c1-39(2)32-12-6-3-9-27(32)30-21-20-29-28-10-4-7-13-33(28)40-38(36(29)37(30)39)25-17-15-24(16-18-25)26-19-22-35-31-11-5-8-14-34(31)41-42(35)23-26/h3-23H,1-2H3. The van der Waals surface area contributed by atoms with Gasteiger partial charge in [-0.2, -0.15) is 5.10 Å². The molecule has 3 heterocycles. The molecule has 0 atom stereocenters. The van der Waals surface area contributed by atoms with Crippen LogP contribution in [0.4, 0.5) is 0 Å². The molecule has 3 heteroatoms. The number of aromatic nitrogens is 3. The van der Waals surface area contributed by atoms with Crippen LogP contribution in [-0.2, 0) is 5.41 Å². The molecule has 1 aliphatic carbocycles. The average Bonchev–Trinajstić information content (AvgIpc) is 3.52. The molecule has 0 fully saturated rings. The summed E-state index contributed by atoms with van der Waals surface area (Å²) >= 11 is 0. The van der Waals surface area contributed by atoms with Crippen molar-refractivity contribution in [2.75, 3.05) is 0 Å². The predicted molar refractivity (Wildman–Crippen MR) is 174 cm³/mol. The predicted octanol–water partition coefficient (Wildman–Crippen LogP) is 9.83. The number of benzene rings is 5. The van der Waals surface area contributed by atoms with E-state index in [1.165, 1.54) is 43.8 Å². The molecule has 0 amide bonds. The van der Waals surface area contributed by atoms with Crippen LogP contribution in [0.25, 0.3) is 71.6 Å².